The monoisotopic (exact) mass is 197 g/mol. The topological polar surface area (TPSA) is 26.0 Å². The lowest BCUT2D eigenvalue weighted by molar-refractivity contribution is 0.870. The minimum atomic E-state index is -0.0221. The second-order valence-electron chi connectivity index (χ2n) is 3.80. The van der Waals surface area contributed by atoms with Crippen LogP contribution in [0, 0.1) is 6.92 Å². The maximum absolute atomic E-state index is 6.19. The van der Waals surface area contributed by atoms with Crippen molar-refractivity contribution in [3.05, 3.63) is 71.3 Å². The van der Waals surface area contributed by atoms with Gasteiger partial charge in [-0.3, -0.25) is 0 Å². The lowest BCUT2D eigenvalue weighted by Crippen LogP contribution is -2.11. The summed E-state index contributed by atoms with van der Waals surface area (Å²) in [6.45, 7) is 2.08. The molecule has 0 amide bonds. The van der Waals surface area contributed by atoms with Gasteiger partial charge < -0.3 is 5.73 Å². The summed E-state index contributed by atoms with van der Waals surface area (Å²) in [6.07, 6.45) is 0. The van der Waals surface area contributed by atoms with Crippen LogP contribution in [0.2, 0.25) is 0 Å². The largest absolute Gasteiger partial charge is 0.320 e. The van der Waals surface area contributed by atoms with Gasteiger partial charge in [-0.25, -0.2) is 0 Å². The van der Waals surface area contributed by atoms with Crippen molar-refractivity contribution in [3.63, 3.8) is 0 Å². The Labute approximate surface area is 90.6 Å². The van der Waals surface area contributed by atoms with Crippen molar-refractivity contribution in [3.8, 4) is 0 Å². The molecular weight excluding hydrogens is 182 g/mol. The Morgan fingerprint density at radius 3 is 2.20 bits per heavy atom. The molecule has 0 heterocycles. The van der Waals surface area contributed by atoms with Gasteiger partial charge in [0.05, 0.1) is 6.04 Å². The van der Waals surface area contributed by atoms with E-state index >= 15 is 0 Å². The van der Waals surface area contributed by atoms with Crippen LogP contribution < -0.4 is 5.73 Å². The molecule has 0 aliphatic carbocycles. The van der Waals surface area contributed by atoms with Gasteiger partial charge in [-0.2, -0.15) is 0 Å². The van der Waals surface area contributed by atoms with E-state index in [0.717, 1.165) is 5.56 Å². The van der Waals surface area contributed by atoms with Crippen molar-refractivity contribution in [2.24, 2.45) is 5.73 Å². The SMILES string of the molecule is Cc1cccc(C(N)c2ccccc2)c1. The molecule has 1 atom stereocenters. The molecule has 2 aromatic rings. The van der Waals surface area contributed by atoms with Gasteiger partial charge in [-0.15, -0.1) is 0 Å². The van der Waals surface area contributed by atoms with Crippen LogP contribution in [0.4, 0.5) is 0 Å². The van der Waals surface area contributed by atoms with Crippen LogP contribution in [-0.4, -0.2) is 0 Å². The Balaban J connectivity index is 2.32. The van der Waals surface area contributed by atoms with Crippen LogP contribution in [0.5, 0.6) is 0 Å². The average Bonchev–Trinajstić information content (AvgIpc) is 2.29. The molecular formula is C14H15N. The summed E-state index contributed by atoms with van der Waals surface area (Å²) in [4.78, 5) is 0. The molecule has 0 bridgehead atoms. The lowest BCUT2D eigenvalue weighted by Gasteiger charge is -2.12. The van der Waals surface area contributed by atoms with E-state index in [9.17, 15) is 0 Å². The highest BCUT2D eigenvalue weighted by Gasteiger charge is 2.07. The molecule has 1 heteroatoms. The Morgan fingerprint density at radius 1 is 0.867 bits per heavy atom. The molecule has 0 aliphatic rings. The third-order valence-corrected chi connectivity index (χ3v) is 2.56. The number of hydrogen-bond acceptors (Lipinski definition) is 1. The third-order valence-electron chi connectivity index (χ3n) is 2.56. The van der Waals surface area contributed by atoms with Crippen molar-refractivity contribution in [1.29, 1.82) is 0 Å². The molecule has 0 radical (unpaired) electrons. The van der Waals surface area contributed by atoms with Gasteiger partial charge in [-0.05, 0) is 18.1 Å². The van der Waals surface area contributed by atoms with E-state index in [1.165, 1.54) is 11.1 Å². The normalized spacial score (nSPS) is 12.4. The maximum Gasteiger partial charge on any atom is 0.0551 e. The smallest absolute Gasteiger partial charge is 0.0551 e. The zero-order valence-corrected chi connectivity index (χ0v) is 8.85. The molecule has 2 aromatic carbocycles. The summed E-state index contributed by atoms with van der Waals surface area (Å²) in [5, 5.41) is 0. The van der Waals surface area contributed by atoms with Gasteiger partial charge in [0.25, 0.3) is 0 Å². The van der Waals surface area contributed by atoms with Crippen LogP contribution in [-0.2, 0) is 0 Å². The molecule has 0 saturated heterocycles. The first-order valence-corrected chi connectivity index (χ1v) is 5.14. The zero-order valence-electron chi connectivity index (χ0n) is 8.85. The van der Waals surface area contributed by atoms with Gasteiger partial charge in [0.2, 0.25) is 0 Å². The molecule has 76 valence electrons. The Hall–Kier alpha value is -1.60. The van der Waals surface area contributed by atoms with E-state index in [2.05, 4.69) is 37.3 Å². The van der Waals surface area contributed by atoms with Crippen LogP contribution in [0.3, 0.4) is 0 Å². The lowest BCUT2D eigenvalue weighted by atomic mass is 9.98. The summed E-state index contributed by atoms with van der Waals surface area (Å²) in [5.74, 6) is 0. The molecule has 0 fully saturated rings. The first-order chi connectivity index (χ1) is 7.27. The molecule has 0 saturated carbocycles. The summed E-state index contributed by atoms with van der Waals surface area (Å²) < 4.78 is 0. The fourth-order valence-electron chi connectivity index (χ4n) is 1.72. The molecule has 1 nitrogen and oxygen atoms in total. The van der Waals surface area contributed by atoms with Crippen molar-refractivity contribution >= 4 is 0 Å². The zero-order chi connectivity index (χ0) is 10.7. The van der Waals surface area contributed by atoms with Gasteiger partial charge >= 0.3 is 0 Å². The molecule has 2 rings (SSSR count). The predicted molar refractivity (Wildman–Crippen MR) is 63.7 cm³/mol. The third kappa shape index (κ3) is 2.25. The second-order valence-corrected chi connectivity index (χ2v) is 3.80. The van der Waals surface area contributed by atoms with E-state index in [0.29, 0.717) is 0 Å². The molecule has 15 heavy (non-hydrogen) atoms. The minimum absolute atomic E-state index is 0.0221. The molecule has 0 aromatic heterocycles. The van der Waals surface area contributed by atoms with Gasteiger partial charge in [0.1, 0.15) is 0 Å². The van der Waals surface area contributed by atoms with Crippen LogP contribution in [0.15, 0.2) is 54.6 Å². The van der Waals surface area contributed by atoms with Gasteiger partial charge in [0, 0.05) is 0 Å². The van der Waals surface area contributed by atoms with Crippen molar-refractivity contribution in [1.82, 2.24) is 0 Å². The van der Waals surface area contributed by atoms with Gasteiger partial charge in [0.15, 0.2) is 0 Å². The summed E-state index contributed by atoms with van der Waals surface area (Å²) in [6, 6.07) is 18.5. The summed E-state index contributed by atoms with van der Waals surface area (Å²) in [5.41, 5.74) is 9.76. The number of aryl methyl sites for hydroxylation is 1. The van der Waals surface area contributed by atoms with Crippen molar-refractivity contribution in [2.45, 2.75) is 13.0 Å². The first kappa shape index (κ1) is 9.94. The van der Waals surface area contributed by atoms with E-state index in [-0.39, 0.29) is 6.04 Å². The molecule has 2 N–H and O–H groups in total. The highest BCUT2D eigenvalue weighted by Crippen LogP contribution is 2.19. The van der Waals surface area contributed by atoms with E-state index in [1.54, 1.807) is 0 Å². The predicted octanol–water partition coefficient (Wildman–Crippen LogP) is 3.04. The minimum Gasteiger partial charge on any atom is -0.320 e. The molecule has 1 unspecified atom stereocenters. The highest BCUT2D eigenvalue weighted by molar-refractivity contribution is 5.33. The standard InChI is InChI=1S/C14H15N/c1-11-6-5-9-13(10-11)14(15)12-7-3-2-4-8-12/h2-10,14H,15H2,1H3. The summed E-state index contributed by atoms with van der Waals surface area (Å²) in [7, 11) is 0. The fourth-order valence-corrected chi connectivity index (χ4v) is 1.72. The quantitative estimate of drug-likeness (QED) is 0.786. The first-order valence-electron chi connectivity index (χ1n) is 5.14. The average molecular weight is 197 g/mol. The number of nitrogens with two attached hydrogens (primary N) is 1. The second kappa shape index (κ2) is 4.28. The highest BCUT2D eigenvalue weighted by atomic mass is 14.6. The van der Waals surface area contributed by atoms with E-state index < -0.39 is 0 Å². The Kier molecular flexibility index (Phi) is 2.84. The number of benzene rings is 2. The van der Waals surface area contributed by atoms with E-state index in [1.807, 2.05) is 24.3 Å². The Morgan fingerprint density at radius 2 is 1.53 bits per heavy atom. The number of hydrogen-bond donors (Lipinski definition) is 1. The van der Waals surface area contributed by atoms with Crippen LogP contribution in [0.25, 0.3) is 0 Å². The maximum atomic E-state index is 6.19. The Bertz CT molecular complexity index is 434. The van der Waals surface area contributed by atoms with Crippen LogP contribution >= 0.6 is 0 Å². The summed E-state index contributed by atoms with van der Waals surface area (Å²) >= 11 is 0. The van der Waals surface area contributed by atoms with Crippen molar-refractivity contribution in [2.75, 3.05) is 0 Å². The molecule has 0 aliphatic heterocycles. The number of rotatable bonds is 2. The molecule has 0 spiro atoms. The van der Waals surface area contributed by atoms with Crippen LogP contribution in [0.1, 0.15) is 22.7 Å². The van der Waals surface area contributed by atoms with Crippen molar-refractivity contribution < 1.29 is 0 Å². The fraction of sp³-hybridized carbons (Fsp3) is 0.143. The van der Waals surface area contributed by atoms with E-state index in [4.69, 9.17) is 5.73 Å². The van der Waals surface area contributed by atoms with Gasteiger partial charge in [-0.1, -0.05) is 60.2 Å².